The first-order valence-electron chi connectivity index (χ1n) is 17.5. The fraction of sp³-hybridized carbons (Fsp3) is 0.167. The molecule has 5 aromatic carbocycles. The van der Waals surface area contributed by atoms with Gasteiger partial charge in [-0.2, -0.15) is 0 Å². The van der Waals surface area contributed by atoms with E-state index in [0.29, 0.717) is 0 Å². The van der Waals surface area contributed by atoms with E-state index in [-0.39, 0.29) is 5.41 Å². The molecule has 0 aliphatic carbocycles. The van der Waals surface area contributed by atoms with Crippen LogP contribution in [0.5, 0.6) is 0 Å². The predicted octanol–water partition coefficient (Wildman–Crippen LogP) is 11.2. The second kappa shape index (κ2) is 13.4. The van der Waals surface area contributed by atoms with Gasteiger partial charge in [0.25, 0.3) is 0 Å². The molecule has 2 aromatic heterocycles. The van der Waals surface area contributed by atoms with E-state index in [9.17, 15) is 0 Å². The van der Waals surface area contributed by atoms with Gasteiger partial charge in [-0.25, -0.2) is 4.57 Å². The van der Waals surface area contributed by atoms with Gasteiger partial charge in [0.1, 0.15) is 12.5 Å². The molecule has 2 heterocycles. The third-order valence-electron chi connectivity index (χ3n) is 10.7. The van der Waals surface area contributed by atoms with Crippen LogP contribution in [0.4, 0.5) is 0 Å². The van der Waals surface area contributed by atoms with Crippen LogP contribution in [0.15, 0.2) is 164 Å². The molecule has 2 nitrogen and oxygen atoms in total. The molecule has 0 aliphatic rings. The van der Waals surface area contributed by atoms with Crippen molar-refractivity contribution >= 4 is 0 Å². The largest absolute Gasteiger partial charge is 0.260 e. The van der Waals surface area contributed by atoms with Crippen LogP contribution in [0.1, 0.15) is 60.1 Å². The zero-order valence-corrected chi connectivity index (χ0v) is 30.0. The van der Waals surface area contributed by atoms with Crippen LogP contribution in [0, 0.1) is 13.8 Å². The van der Waals surface area contributed by atoms with Gasteiger partial charge < -0.3 is 0 Å². The summed E-state index contributed by atoms with van der Waals surface area (Å²) < 4.78 is 2.41. The smallest absolute Gasteiger partial charge is 0.197 e. The van der Waals surface area contributed by atoms with Crippen LogP contribution in [0.2, 0.25) is 0 Å². The summed E-state index contributed by atoms with van der Waals surface area (Å²) in [4.78, 5) is 5.01. The highest BCUT2D eigenvalue weighted by Gasteiger charge is 2.43. The molecular weight excluding hydrogens is 605 g/mol. The van der Waals surface area contributed by atoms with Crippen molar-refractivity contribution in [2.75, 3.05) is 0 Å². The fourth-order valence-corrected chi connectivity index (χ4v) is 7.87. The maximum atomic E-state index is 5.01. The number of hydrogen-bond acceptors (Lipinski definition) is 1. The van der Waals surface area contributed by atoms with Crippen LogP contribution >= 0.6 is 0 Å². The van der Waals surface area contributed by atoms with E-state index in [1.807, 2.05) is 12.3 Å². The number of benzene rings is 5. The Balaban J connectivity index is 1.29. The minimum absolute atomic E-state index is 0.207. The summed E-state index contributed by atoms with van der Waals surface area (Å²) in [7, 11) is 2.22. The maximum absolute atomic E-state index is 5.01. The molecule has 0 N–H and O–H groups in total. The van der Waals surface area contributed by atoms with Gasteiger partial charge in [0, 0.05) is 18.3 Å². The maximum Gasteiger partial charge on any atom is 0.197 e. The summed E-state index contributed by atoms with van der Waals surface area (Å²) in [5.41, 5.74) is 15.1. The molecule has 0 spiro atoms. The van der Waals surface area contributed by atoms with Crippen molar-refractivity contribution in [2.45, 2.75) is 45.4 Å². The van der Waals surface area contributed by atoms with Crippen molar-refractivity contribution in [1.82, 2.24) is 4.98 Å². The Morgan fingerprint density at radius 3 is 1.54 bits per heavy atom. The van der Waals surface area contributed by atoms with Crippen LogP contribution < -0.4 is 4.57 Å². The van der Waals surface area contributed by atoms with Gasteiger partial charge in [0.15, 0.2) is 11.4 Å². The van der Waals surface area contributed by atoms with Gasteiger partial charge in [0.05, 0.1) is 11.1 Å². The van der Waals surface area contributed by atoms with E-state index in [0.717, 1.165) is 5.69 Å². The summed E-state index contributed by atoms with van der Waals surface area (Å²) in [5.74, 6) is 0. The first-order chi connectivity index (χ1) is 24.2. The molecule has 0 saturated carbocycles. The standard InChI is InChI=1S/C48H45N2/c1-34-15-10-11-18-42(34)47(3,4)45-20-14-21-46(50(45)6)48(5,44-19-12-13-32-49-44)43-33-41(23-22-35(43)2)40-30-28-39(29-31-40)38-26-24-37(25-27-38)36-16-8-7-9-17-36/h7-33H,1-6H3/q+1. The molecule has 50 heavy (non-hydrogen) atoms. The van der Waals surface area contributed by atoms with Crippen molar-refractivity contribution < 1.29 is 4.57 Å². The van der Waals surface area contributed by atoms with Gasteiger partial charge >= 0.3 is 0 Å². The molecule has 0 aliphatic heterocycles. The number of aryl methyl sites for hydroxylation is 2. The van der Waals surface area contributed by atoms with Crippen LogP contribution in [0.3, 0.4) is 0 Å². The number of aromatic nitrogens is 2. The second-order valence-corrected chi connectivity index (χ2v) is 14.2. The molecule has 2 heteroatoms. The number of hydrogen-bond donors (Lipinski definition) is 0. The lowest BCUT2D eigenvalue weighted by atomic mass is 9.72. The van der Waals surface area contributed by atoms with Crippen LogP contribution in [-0.2, 0) is 17.9 Å². The summed E-state index contributed by atoms with van der Waals surface area (Å²) in [6, 6.07) is 57.0. The molecule has 7 aromatic rings. The highest BCUT2D eigenvalue weighted by Crippen LogP contribution is 2.41. The quantitative estimate of drug-likeness (QED) is 0.150. The highest BCUT2D eigenvalue weighted by molar-refractivity contribution is 5.74. The van der Waals surface area contributed by atoms with Gasteiger partial charge in [-0.15, -0.1) is 0 Å². The van der Waals surface area contributed by atoms with Gasteiger partial charge in [0.2, 0.25) is 0 Å². The Bertz CT molecular complexity index is 2250. The highest BCUT2D eigenvalue weighted by atomic mass is 15.0. The lowest BCUT2D eigenvalue weighted by Crippen LogP contribution is -2.50. The molecule has 0 bridgehead atoms. The van der Waals surface area contributed by atoms with Gasteiger partial charge in [-0.05, 0) is 115 Å². The van der Waals surface area contributed by atoms with Crippen LogP contribution in [0.25, 0.3) is 33.4 Å². The first kappa shape index (κ1) is 32.9. The molecule has 0 radical (unpaired) electrons. The molecule has 1 unspecified atom stereocenters. The molecule has 7 rings (SSSR count). The van der Waals surface area contributed by atoms with Crippen molar-refractivity contribution in [2.24, 2.45) is 7.05 Å². The number of rotatable bonds is 8. The zero-order chi connectivity index (χ0) is 34.9. The average molecular weight is 650 g/mol. The summed E-state index contributed by atoms with van der Waals surface area (Å²) in [5, 5.41) is 0. The Hall–Kier alpha value is -5.60. The third kappa shape index (κ3) is 5.96. The summed E-state index contributed by atoms with van der Waals surface area (Å²) >= 11 is 0. The Labute approximate surface area is 297 Å². The normalized spacial score (nSPS) is 12.8. The van der Waals surface area contributed by atoms with Gasteiger partial charge in [-0.1, -0.05) is 121 Å². The minimum atomic E-state index is -0.519. The Morgan fingerprint density at radius 2 is 0.940 bits per heavy atom. The number of pyridine rings is 2. The van der Waals surface area contributed by atoms with E-state index >= 15 is 0 Å². The van der Waals surface area contributed by atoms with Gasteiger partial charge in [-0.3, -0.25) is 4.98 Å². The van der Waals surface area contributed by atoms with E-state index in [1.54, 1.807) is 0 Å². The fourth-order valence-electron chi connectivity index (χ4n) is 7.87. The SMILES string of the molecule is Cc1ccccc1C(C)(C)c1cccc(C(C)(c2ccccn2)c2cc(-c3ccc(-c4ccc(-c5ccccc5)cc4)cc3)ccc2C)[n+]1C. The monoisotopic (exact) mass is 649 g/mol. The molecule has 0 saturated heterocycles. The van der Waals surface area contributed by atoms with E-state index in [2.05, 4.69) is 198 Å². The topological polar surface area (TPSA) is 16.8 Å². The lowest BCUT2D eigenvalue weighted by Gasteiger charge is -2.32. The average Bonchev–Trinajstić information content (AvgIpc) is 3.16. The molecular formula is C48H45N2+. The minimum Gasteiger partial charge on any atom is -0.260 e. The Morgan fingerprint density at radius 1 is 0.440 bits per heavy atom. The van der Waals surface area contributed by atoms with E-state index < -0.39 is 5.41 Å². The first-order valence-corrected chi connectivity index (χ1v) is 17.5. The second-order valence-electron chi connectivity index (χ2n) is 14.2. The van der Waals surface area contributed by atoms with E-state index in [1.165, 1.54) is 67.0 Å². The van der Waals surface area contributed by atoms with Crippen molar-refractivity contribution in [3.05, 3.63) is 203 Å². The lowest BCUT2D eigenvalue weighted by molar-refractivity contribution is -0.691. The molecule has 0 fully saturated rings. The predicted molar refractivity (Wildman–Crippen MR) is 208 cm³/mol. The van der Waals surface area contributed by atoms with Crippen molar-refractivity contribution in [3.8, 4) is 33.4 Å². The molecule has 246 valence electrons. The number of nitrogens with zero attached hydrogens (tertiary/aromatic N) is 2. The van der Waals surface area contributed by atoms with Crippen molar-refractivity contribution in [1.29, 1.82) is 0 Å². The summed E-state index contributed by atoms with van der Waals surface area (Å²) in [6.45, 7) is 11.4. The molecule has 0 amide bonds. The van der Waals surface area contributed by atoms with Crippen molar-refractivity contribution in [3.63, 3.8) is 0 Å². The van der Waals surface area contributed by atoms with E-state index in [4.69, 9.17) is 4.98 Å². The zero-order valence-electron chi connectivity index (χ0n) is 30.0. The third-order valence-corrected chi connectivity index (χ3v) is 10.7. The van der Waals surface area contributed by atoms with Crippen LogP contribution in [-0.4, -0.2) is 4.98 Å². The molecule has 1 atom stereocenters. The summed E-state index contributed by atoms with van der Waals surface area (Å²) in [6.07, 6.45) is 1.92. The Kier molecular flexibility index (Phi) is 8.80.